The summed E-state index contributed by atoms with van der Waals surface area (Å²) in [6, 6.07) is 18.1. The fraction of sp³-hybridized carbons (Fsp3) is 0.130. The smallest absolute Gasteiger partial charge is 0.335 e. The molecule has 0 aliphatic rings. The van der Waals surface area contributed by atoms with E-state index in [0.717, 1.165) is 26.9 Å². The van der Waals surface area contributed by atoms with Gasteiger partial charge >= 0.3 is 5.97 Å². The van der Waals surface area contributed by atoms with Gasteiger partial charge in [-0.2, -0.15) is 0 Å². The molecule has 0 aliphatic heterocycles. The van der Waals surface area contributed by atoms with Gasteiger partial charge in [0.25, 0.3) is 0 Å². The lowest BCUT2D eigenvalue weighted by Gasteiger charge is -2.11. The Morgan fingerprint density at radius 1 is 1.07 bits per heavy atom. The Morgan fingerprint density at radius 2 is 1.83 bits per heavy atom. The normalized spacial score (nSPS) is 10.9. The number of rotatable bonds is 7. The molecule has 0 spiro atoms. The number of aryl methyl sites for hydroxylation is 1. The van der Waals surface area contributed by atoms with E-state index in [2.05, 4.69) is 20.9 Å². The van der Waals surface area contributed by atoms with Gasteiger partial charge in [0, 0.05) is 10.7 Å². The van der Waals surface area contributed by atoms with E-state index in [4.69, 9.17) is 14.6 Å². The molecule has 0 unspecified atom stereocenters. The van der Waals surface area contributed by atoms with Gasteiger partial charge in [0.2, 0.25) is 0 Å². The van der Waals surface area contributed by atoms with Crippen LogP contribution in [0.25, 0.3) is 0 Å². The Bertz CT molecular complexity index is 1050. The van der Waals surface area contributed by atoms with E-state index in [0.29, 0.717) is 18.1 Å². The molecule has 3 rings (SSSR count). The van der Waals surface area contributed by atoms with Gasteiger partial charge in [-0.3, -0.25) is 4.99 Å². The molecule has 5 nitrogen and oxygen atoms in total. The van der Waals surface area contributed by atoms with Crippen molar-refractivity contribution in [3.63, 3.8) is 0 Å². The summed E-state index contributed by atoms with van der Waals surface area (Å²) in [4.78, 5) is 15.4. The molecule has 3 aromatic rings. The van der Waals surface area contributed by atoms with Crippen molar-refractivity contribution in [1.29, 1.82) is 0 Å². The Morgan fingerprint density at radius 3 is 2.48 bits per heavy atom. The summed E-state index contributed by atoms with van der Waals surface area (Å²) in [5, 5.41) is 8.96. The highest BCUT2D eigenvalue weighted by molar-refractivity contribution is 9.10. The number of carboxylic acid groups (broad SMARTS) is 1. The maximum absolute atomic E-state index is 10.9. The predicted molar refractivity (Wildman–Crippen MR) is 117 cm³/mol. The maximum atomic E-state index is 10.9. The highest BCUT2D eigenvalue weighted by atomic mass is 79.9. The number of aliphatic imine (C=N–C) groups is 1. The zero-order valence-electron chi connectivity index (χ0n) is 16.1. The highest BCUT2D eigenvalue weighted by Crippen LogP contribution is 2.29. The summed E-state index contributed by atoms with van der Waals surface area (Å²) < 4.78 is 12.3. The summed E-state index contributed by atoms with van der Waals surface area (Å²) in [5.74, 6) is 0.254. The predicted octanol–water partition coefficient (Wildman–Crippen LogP) is 5.79. The number of hydrogen-bond acceptors (Lipinski definition) is 4. The molecule has 1 N–H and O–H groups in total. The molecule has 6 heteroatoms. The van der Waals surface area contributed by atoms with E-state index < -0.39 is 5.97 Å². The molecule has 0 saturated carbocycles. The van der Waals surface area contributed by atoms with Gasteiger partial charge in [-0.25, -0.2) is 4.79 Å². The molecule has 0 atom stereocenters. The van der Waals surface area contributed by atoms with E-state index in [1.165, 1.54) is 0 Å². The fourth-order valence-electron chi connectivity index (χ4n) is 2.65. The van der Waals surface area contributed by atoms with Crippen LogP contribution in [-0.2, 0) is 6.61 Å². The summed E-state index contributed by atoms with van der Waals surface area (Å²) in [5.41, 5.74) is 4.00. The van der Waals surface area contributed by atoms with Crippen LogP contribution in [0.5, 0.6) is 11.5 Å². The third-order valence-corrected chi connectivity index (χ3v) is 5.18. The van der Waals surface area contributed by atoms with Crippen molar-refractivity contribution in [3.05, 3.63) is 87.4 Å². The Labute approximate surface area is 177 Å². The molecule has 3 aromatic carbocycles. The molecule has 0 aromatic heterocycles. The van der Waals surface area contributed by atoms with Crippen LogP contribution in [0.4, 0.5) is 5.69 Å². The number of carboxylic acids is 1. The van der Waals surface area contributed by atoms with Gasteiger partial charge in [0.1, 0.15) is 6.61 Å². The van der Waals surface area contributed by atoms with E-state index in [1.54, 1.807) is 37.6 Å². The number of aromatic carboxylic acids is 1. The van der Waals surface area contributed by atoms with Crippen molar-refractivity contribution >= 4 is 33.8 Å². The molecule has 148 valence electrons. The molecule has 0 bridgehead atoms. The first-order valence-corrected chi connectivity index (χ1v) is 9.69. The van der Waals surface area contributed by atoms with E-state index in [-0.39, 0.29) is 5.56 Å². The number of hydrogen-bond donors (Lipinski definition) is 1. The Kier molecular flexibility index (Phi) is 6.67. The van der Waals surface area contributed by atoms with Gasteiger partial charge < -0.3 is 14.6 Å². The van der Waals surface area contributed by atoms with Crippen LogP contribution in [0.15, 0.2) is 70.1 Å². The first-order valence-electron chi connectivity index (χ1n) is 8.89. The molecular weight excluding hydrogens is 434 g/mol. The van der Waals surface area contributed by atoms with Crippen LogP contribution >= 0.6 is 15.9 Å². The van der Waals surface area contributed by atoms with Crippen LogP contribution in [0, 0.1) is 6.92 Å². The van der Waals surface area contributed by atoms with E-state index in [9.17, 15) is 4.79 Å². The molecule has 0 aliphatic carbocycles. The zero-order valence-corrected chi connectivity index (χ0v) is 17.6. The molecule has 0 amide bonds. The van der Waals surface area contributed by atoms with Crippen molar-refractivity contribution < 1.29 is 19.4 Å². The SMILES string of the molecule is COc1cc(C=Nc2ccc(Br)c(C)c2)ccc1OCc1ccc(C(=O)O)cc1. The second-order valence-electron chi connectivity index (χ2n) is 6.39. The number of carbonyl (C=O) groups is 1. The highest BCUT2D eigenvalue weighted by Gasteiger charge is 2.07. The molecular formula is C23H20BrNO4. The second-order valence-corrected chi connectivity index (χ2v) is 7.25. The number of methoxy groups -OCH3 is 1. The minimum Gasteiger partial charge on any atom is -0.493 e. The topological polar surface area (TPSA) is 68.1 Å². The zero-order chi connectivity index (χ0) is 20.8. The lowest BCUT2D eigenvalue weighted by molar-refractivity contribution is 0.0697. The van der Waals surface area contributed by atoms with Gasteiger partial charge in [-0.15, -0.1) is 0 Å². The lowest BCUT2D eigenvalue weighted by atomic mass is 10.1. The quantitative estimate of drug-likeness (QED) is 0.459. The van der Waals surface area contributed by atoms with Gasteiger partial charge in [-0.1, -0.05) is 28.1 Å². The van der Waals surface area contributed by atoms with Crippen LogP contribution < -0.4 is 9.47 Å². The van der Waals surface area contributed by atoms with Crippen molar-refractivity contribution in [2.24, 2.45) is 4.99 Å². The molecule has 0 heterocycles. The minimum atomic E-state index is -0.949. The molecule has 29 heavy (non-hydrogen) atoms. The average molecular weight is 454 g/mol. The fourth-order valence-corrected chi connectivity index (χ4v) is 2.89. The molecule has 0 fully saturated rings. The first-order chi connectivity index (χ1) is 14.0. The van der Waals surface area contributed by atoms with Gasteiger partial charge in [0.15, 0.2) is 11.5 Å². The standard InChI is InChI=1S/C23H20BrNO4/c1-15-11-19(8-9-20(15)24)25-13-17-5-10-21(22(12-17)28-2)29-14-16-3-6-18(7-4-16)23(26)27/h3-13H,14H2,1-2H3,(H,26,27). The largest absolute Gasteiger partial charge is 0.493 e. The van der Waals surface area contributed by atoms with Crippen molar-refractivity contribution in [2.45, 2.75) is 13.5 Å². The molecule has 0 saturated heterocycles. The lowest BCUT2D eigenvalue weighted by Crippen LogP contribution is -2.00. The van der Waals surface area contributed by atoms with Crippen molar-refractivity contribution in [1.82, 2.24) is 0 Å². The van der Waals surface area contributed by atoms with Crippen LogP contribution in [0.1, 0.15) is 27.0 Å². The Balaban J connectivity index is 1.70. The summed E-state index contributed by atoms with van der Waals surface area (Å²) in [7, 11) is 1.59. The van der Waals surface area contributed by atoms with E-state index >= 15 is 0 Å². The van der Waals surface area contributed by atoms with Crippen LogP contribution in [0.2, 0.25) is 0 Å². The maximum Gasteiger partial charge on any atom is 0.335 e. The number of nitrogens with zero attached hydrogens (tertiary/aromatic N) is 1. The minimum absolute atomic E-state index is 0.246. The summed E-state index contributed by atoms with van der Waals surface area (Å²) in [6.07, 6.45) is 1.78. The number of halogens is 1. The van der Waals surface area contributed by atoms with Crippen molar-refractivity contribution in [3.8, 4) is 11.5 Å². The van der Waals surface area contributed by atoms with Crippen LogP contribution in [-0.4, -0.2) is 24.4 Å². The number of benzene rings is 3. The Hall–Kier alpha value is -3.12. The molecule has 0 radical (unpaired) electrons. The number of ether oxygens (including phenoxy) is 2. The third-order valence-electron chi connectivity index (χ3n) is 4.29. The first kappa shape index (κ1) is 20.6. The second kappa shape index (κ2) is 9.39. The third kappa shape index (κ3) is 5.45. The van der Waals surface area contributed by atoms with Gasteiger partial charge in [0.05, 0.1) is 18.4 Å². The van der Waals surface area contributed by atoms with Crippen LogP contribution in [0.3, 0.4) is 0 Å². The van der Waals surface area contributed by atoms with Gasteiger partial charge in [-0.05, 0) is 72.1 Å². The van der Waals surface area contributed by atoms with Crippen molar-refractivity contribution in [2.75, 3.05) is 7.11 Å². The average Bonchev–Trinajstić information content (AvgIpc) is 2.73. The van der Waals surface area contributed by atoms with E-state index in [1.807, 2.05) is 43.3 Å². The summed E-state index contributed by atoms with van der Waals surface area (Å²) in [6.45, 7) is 2.33. The monoisotopic (exact) mass is 453 g/mol. The summed E-state index contributed by atoms with van der Waals surface area (Å²) >= 11 is 3.49.